The Kier molecular flexibility index (Phi) is 3.23. The lowest BCUT2D eigenvalue weighted by Crippen LogP contribution is -2.49. The molecule has 0 saturated carbocycles. The van der Waals surface area contributed by atoms with E-state index in [-0.39, 0.29) is 5.91 Å². The van der Waals surface area contributed by atoms with Gasteiger partial charge in [0.05, 0.1) is 17.0 Å². The van der Waals surface area contributed by atoms with Gasteiger partial charge in [0, 0.05) is 18.5 Å². The molecule has 5 nitrogen and oxygen atoms in total. The molecule has 2 aliphatic rings. The molecule has 0 bridgehead atoms. The van der Waals surface area contributed by atoms with Crippen LogP contribution in [0.5, 0.6) is 0 Å². The van der Waals surface area contributed by atoms with Crippen molar-refractivity contribution in [1.29, 1.82) is 0 Å². The average Bonchev–Trinajstić information content (AvgIpc) is 2.60. The maximum Gasteiger partial charge on any atom is 0.255 e. The zero-order valence-corrected chi connectivity index (χ0v) is 12.5. The van der Waals surface area contributed by atoms with Gasteiger partial charge in [-0.2, -0.15) is 0 Å². The minimum Gasteiger partial charge on any atom is -0.411 e. The molecule has 7 heteroatoms. The second-order valence-corrected chi connectivity index (χ2v) is 5.74. The Bertz CT molecular complexity index is 882. The number of benzene rings is 2. The van der Waals surface area contributed by atoms with Crippen molar-refractivity contribution in [3.05, 3.63) is 64.7 Å². The Morgan fingerprint density at radius 1 is 1.17 bits per heavy atom. The van der Waals surface area contributed by atoms with E-state index in [2.05, 4.69) is 10.5 Å². The van der Waals surface area contributed by atoms with Crippen LogP contribution in [0.3, 0.4) is 0 Å². The molecule has 0 radical (unpaired) electrons. The van der Waals surface area contributed by atoms with Crippen LogP contribution in [0.15, 0.2) is 41.6 Å². The quantitative estimate of drug-likeness (QED) is 0.625. The smallest absolute Gasteiger partial charge is 0.255 e. The highest BCUT2D eigenvalue weighted by atomic mass is 19.2. The fourth-order valence-corrected chi connectivity index (χ4v) is 3.33. The topological polar surface area (TPSA) is 64.9 Å². The minimum atomic E-state index is -0.963. The van der Waals surface area contributed by atoms with Gasteiger partial charge in [-0.1, -0.05) is 23.4 Å². The summed E-state index contributed by atoms with van der Waals surface area (Å²) in [7, 11) is 0. The van der Waals surface area contributed by atoms with Crippen LogP contribution in [-0.4, -0.2) is 23.4 Å². The average molecular weight is 329 g/mol. The lowest BCUT2D eigenvalue weighted by atomic mass is 9.92. The first-order valence-electron chi connectivity index (χ1n) is 7.47. The van der Waals surface area contributed by atoms with Crippen molar-refractivity contribution in [2.75, 3.05) is 11.4 Å². The van der Waals surface area contributed by atoms with E-state index in [9.17, 15) is 18.8 Å². The van der Waals surface area contributed by atoms with Gasteiger partial charge in [0.1, 0.15) is 6.17 Å². The van der Waals surface area contributed by atoms with Gasteiger partial charge in [-0.3, -0.25) is 4.79 Å². The zero-order valence-electron chi connectivity index (χ0n) is 12.5. The molecule has 0 aromatic heterocycles. The van der Waals surface area contributed by atoms with Crippen LogP contribution in [0.4, 0.5) is 14.5 Å². The van der Waals surface area contributed by atoms with Gasteiger partial charge in [-0.05, 0) is 23.8 Å². The number of halogens is 2. The molecule has 4 rings (SSSR count). The number of nitrogens with one attached hydrogen (secondary N) is 1. The van der Waals surface area contributed by atoms with Crippen molar-refractivity contribution in [3.8, 4) is 0 Å². The fraction of sp³-hybridized carbons (Fsp3) is 0.176. The summed E-state index contributed by atoms with van der Waals surface area (Å²) < 4.78 is 26.8. The predicted octanol–water partition coefficient (Wildman–Crippen LogP) is 2.80. The maximum absolute atomic E-state index is 13.6. The molecule has 122 valence electrons. The Hall–Kier alpha value is -2.96. The fourth-order valence-electron chi connectivity index (χ4n) is 3.33. The molecule has 0 aliphatic carbocycles. The highest BCUT2D eigenvalue weighted by Gasteiger charge is 2.37. The lowest BCUT2D eigenvalue weighted by molar-refractivity contribution is 0.0926. The molecule has 2 N–H and O–H groups in total. The van der Waals surface area contributed by atoms with E-state index < -0.39 is 17.8 Å². The third kappa shape index (κ3) is 2.05. The third-order valence-electron chi connectivity index (χ3n) is 4.43. The van der Waals surface area contributed by atoms with Crippen molar-refractivity contribution in [3.63, 3.8) is 0 Å². The summed E-state index contributed by atoms with van der Waals surface area (Å²) in [4.78, 5) is 14.4. The van der Waals surface area contributed by atoms with E-state index in [4.69, 9.17) is 0 Å². The predicted molar refractivity (Wildman–Crippen MR) is 83.3 cm³/mol. The normalized spacial score (nSPS) is 20.8. The second-order valence-electron chi connectivity index (χ2n) is 5.74. The molecule has 2 aromatic rings. The first-order chi connectivity index (χ1) is 11.6. The standard InChI is InChI=1S/C17H13F2N3O2/c18-12-5-4-9(8-13(12)19)16-20-17(23)11-3-1-2-10-14(21-24)6-7-22(16)15(10)11/h1-5,8,16,24H,6-7H2,(H,20,23). The number of para-hydroxylation sites is 1. The van der Waals surface area contributed by atoms with Crippen molar-refractivity contribution in [2.45, 2.75) is 12.6 Å². The molecule has 0 fully saturated rings. The monoisotopic (exact) mass is 329 g/mol. The SMILES string of the molecule is O=C1NC(c2ccc(F)c(F)c2)N2CCC(=NO)c3cccc1c32. The zero-order chi connectivity index (χ0) is 16.8. The number of nitrogens with zero attached hydrogens (tertiary/aromatic N) is 2. The van der Waals surface area contributed by atoms with E-state index in [1.165, 1.54) is 6.07 Å². The number of rotatable bonds is 1. The van der Waals surface area contributed by atoms with Crippen molar-refractivity contribution in [1.82, 2.24) is 5.32 Å². The van der Waals surface area contributed by atoms with Gasteiger partial charge >= 0.3 is 0 Å². The lowest BCUT2D eigenvalue weighted by Gasteiger charge is -2.42. The number of carbonyl (C=O) groups excluding carboxylic acids is 1. The minimum absolute atomic E-state index is 0.308. The van der Waals surface area contributed by atoms with Gasteiger partial charge in [0.2, 0.25) is 0 Å². The first-order valence-corrected chi connectivity index (χ1v) is 7.47. The van der Waals surface area contributed by atoms with E-state index >= 15 is 0 Å². The number of carbonyl (C=O) groups is 1. The Morgan fingerprint density at radius 3 is 2.71 bits per heavy atom. The Morgan fingerprint density at radius 2 is 1.96 bits per heavy atom. The molecule has 2 aromatic carbocycles. The number of anilines is 1. The van der Waals surface area contributed by atoms with Gasteiger partial charge in [0.15, 0.2) is 11.6 Å². The molecule has 1 amide bonds. The van der Waals surface area contributed by atoms with Crippen LogP contribution < -0.4 is 10.2 Å². The molecule has 1 atom stereocenters. The number of oxime groups is 1. The van der Waals surface area contributed by atoms with Gasteiger partial charge in [0.25, 0.3) is 5.91 Å². The molecular formula is C17H13F2N3O2. The Balaban J connectivity index is 1.87. The van der Waals surface area contributed by atoms with Crippen molar-refractivity contribution >= 4 is 17.3 Å². The summed E-state index contributed by atoms with van der Waals surface area (Å²) in [6.45, 7) is 0.480. The molecule has 24 heavy (non-hydrogen) atoms. The van der Waals surface area contributed by atoms with E-state index in [0.29, 0.717) is 41.1 Å². The first kappa shape index (κ1) is 14.6. The van der Waals surface area contributed by atoms with Gasteiger partial charge < -0.3 is 15.4 Å². The molecule has 2 aliphatic heterocycles. The highest BCUT2D eigenvalue weighted by Crippen LogP contribution is 2.39. The van der Waals surface area contributed by atoms with E-state index in [1.807, 2.05) is 4.90 Å². The molecule has 1 unspecified atom stereocenters. The number of hydrogen-bond donors (Lipinski definition) is 2. The summed E-state index contributed by atoms with van der Waals surface area (Å²) in [5.41, 5.74) is 2.74. The summed E-state index contributed by atoms with van der Waals surface area (Å²) in [6.07, 6.45) is -0.135. The van der Waals surface area contributed by atoms with E-state index in [0.717, 1.165) is 12.1 Å². The third-order valence-corrected chi connectivity index (χ3v) is 4.43. The summed E-state index contributed by atoms with van der Waals surface area (Å²) in [6, 6.07) is 8.77. The summed E-state index contributed by atoms with van der Waals surface area (Å²) >= 11 is 0. The molecule has 2 heterocycles. The van der Waals surface area contributed by atoms with Gasteiger partial charge in [-0.15, -0.1) is 0 Å². The van der Waals surface area contributed by atoms with Crippen LogP contribution >= 0.6 is 0 Å². The molecule has 0 saturated heterocycles. The van der Waals surface area contributed by atoms with Crippen LogP contribution in [0, 0.1) is 11.6 Å². The Labute approximate surface area is 136 Å². The van der Waals surface area contributed by atoms with Crippen LogP contribution in [-0.2, 0) is 0 Å². The van der Waals surface area contributed by atoms with Crippen molar-refractivity contribution < 1.29 is 18.8 Å². The van der Waals surface area contributed by atoms with Crippen LogP contribution in [0.2, 0.25) is 0 Å². The van der Waals surface area contributed by atoms with Crippen LogP contribution in [0.25, 0.3) is 0 Å². The highest BCUT2D eigenvalue weighted by molar-refractivity contribution is 6.13. The second kappa shape index (κ2) is 5.30. The largest absolute Gasteiger partial charge is 0.411 e. The number of amides is 1. The summed E-state index contributed by atoms with van der Waals surface area (Å²) in [5, 5.41) is 15.3. The molecular weight excluding hydrogens is 316 g/mol. The summed E-state index contributed by atoms with van der Waals surface area (Å²) in [5.74, 6) is -2.21. The van der Waals surface area contributed by atoms with Gasteiger partial charge in [-0.25, -0.2) is 8.78 Å². The van der Waals surface area contributed by atoms with E-state index in [1.54, 1.807) is 18.2 Å². The number of hydrogen-bond acceptors (Lipinski definition) is 4. The van der Waals surface area contributed by atoms with Crippen molar-refractivity contribution in [2.24, 2.45) is 5.16 Å². The van der Waals surface area contributed by atoms with Crippen LogP contribution in [0.1, 0.15) is 34.1 Å². The molecule has 0 spiro atoms. The maximum atomic E-state index is 13.6.